The number of amides is 1. The Morgan fingerprint density at radius 1 is 1.64 bits per heavy atom. The van der Waals surface area contributed by atoms with E-state index < -0.39 is 0 Å². The van der Waals surface area contributed by atoms with Gasteiger partial charge in [0.25, 0.3) is 0 Å². The Balaban J connectivity index is 2.34. The summed E-state index contributed by atoms with van der Waals surface area (Å²) in [4.78, 5) is 13.3. The smallest absolute Gasteiger partial charge is 0.223 e. The second-order valence-electron chi connectivity index (χ2n) is 3.23. The first-order chi connectivity index (χ1) is 6.74. The highest BCUT2D eigenvalue weighted by Crippen LogP contribution is 2.08. The van der Waals surface area contributed by atoms with Crippen molar-refractivity contribution >= 4 is 17.2 Å². The summed E-state index contributed by atoms with van der Waals surface area (Å²) >= 11 is 1.66. The minimum absolute atomic E-state index is 0.186. The molecule has 0 fully saturated rings. The fourth-order valence-corrected chi connectivity index (χ4v) is 1.83. The summed E-state index contributed by atoms with van der Waals surface area (Å²) in [7, 11) is 3.70. The Morgan fingerprint density at radius 2 is 2.43 bits per heavy atom. The van der Waals surface area contributed by atoms with E-state index in [2.05, 4.69) is 10.7 Å². The molecular formula is C10H16N2OS. The Kier molecular flexibility index (Phi) is 4.62. The normalized spacial score (nSPS) is 10.1. The molecule has 0 aliphatic rings. The van der Waals surface area contributed by atoms with Crippen molar-refractivity contribution < 1.29 is 4.79 Å². The molecule has 0 saturated carbocycles. The minimum Gasteiger partial charge on any atom is -0.341 e. The SMILES string of the molecule is CNCCC(=O)N(C)Cc1ccsc1. The zero-order valence-corrected chi connectivity index (χ0v) is 9.43. The van der Waals surface area contributed by atoms with Crippen molar-refractivity contribution in [3.63, 3.8) is 0 Å². The predicted molar refractivity (Wildman–Crippen MR) is 59.3 cm³/mol. The summed E-state index contributed by atoms with van der Waals surface area (Å²) in [6, 6.07) is 2.05. The van der Waals surface area contributed by atoms with E-state index in [0.29, 0.717) is 13.0 Å². The highest BCUT2D eigenvalue weighted by Gasteiger charge is 2.08. The molecule has 78 valence electrons. The third kappa shape index (κ3) is 3.47. The maximum Gasteiger partial charge on any atom is 0.223 e. The van der Waals surface area contributed by atoms with E-state index >= 15 is 0 Å². The highest BCUT2D eigenvalue weighted by atomic mass is 32.1. The molecule has 0 atom stereocenters. The van der Waals surface area contributed by atoms with Crippen LogP contribution in [0.3, 0.4) is 0 Å². The molecule has 1 rings (SSSR count). The zero-order valence-electron chi connectivity index (χ0n) is 8.62. The molecule has 3 nitrogen and oxygen atoms in total. The summed E-state index contributed by atoms with van der Waals surface area (Å²) in [6.45, 7) is 1.46. The number of carbonyl (C=O) groups is 1. The Morgan fingerprint density at radius 3 is 3.00 bits per heavy atom. The molecule has 1 N–H and O–H groups in total. The molecule has 4 heteroatoms. The predicted octanol–water partition coefficient (Wildman–Crippen LogP) is 1.32. The first kappa shape index (κ1) is 11.2. The van der Waals surface area contributed by atoms with Gasteiger partial charge >= 0.3 is 0 Å². The lowest BCUT2D eigenvalue weighted by molar-refractivity contribution is -0.130. The zero-order chi connectivity index (χ0) is 10.4. The highest BCUT2D eigenvalue weighted by molar-refractivity contribution is 7.07. The second kappa shape index (κ2) is 5.78. The van der Waals surface area contributed by atoms with Gasteiger partial charge in [0.2, 0.25) is 5.91 Å². The van der Waals surface area contributed by atoms with Gasteiger partial charge in [-0.3, -0.25) is 4.79 Å². The van der Waals surface area contributed by atoms with Crippen molar-refractivity contribution in [3.05, 3.63) is 22.4 Å². The van der Waals surface area contributed by atoms with Gasteiger partial charge in [0.1, 0.15) is 0 Å². The van der Waals surface area contributed by atoms with Crippen molar-refractivity contribution in [2.24, 2.45) is 0 Å². The molecule has 1 aromatic rings. The number of thiophene rings is 1. The molecule has 0 saturated heterocycles. The average molecular weight is 212 g/mol. The molecule has 0 unspecified atom stereocenters. The summed E-state index contributed by atoms with van der Waals surface area (Å²) in [5.74, 6) is 0.186. The number of rotatable bonds is 5. The van der Waals surface area contributed by atoms with Crippen LogP contribution in [0.25, 0.3) is 0 Å². The van der Waals surface area contributed by atoms with Gasteiger partial charge in [-0.25, -0.2) is 0 Å². The van der Waals surface area contributed by atoms with Gasteiger partial charge in [0.05, 0.1) is 0 Å². The van der Waals surface area contributed by atoms with Crippen LogP contribution in [0.2, 0.25) is 0 Å². The first-order valence-electron chi connectivity index (χ1n) is 4.63. The standard InChI is InChI=1S/C10H16N2OS/c1-11-5-3-10(13)12(2)7-9-4-6-14-8-9/h4,6,8,11H,3,5,7H2,1-2H3. The van der Waals surface area contributed by atoms with Crippen LogP contribution in [-0.2, 0) is 11.3 Å². The second-order valence-corrected chi connectivity index (χ2v) is 4.01. The van der Waals surface area contributed by atoms with E-state index in [1.165, 1.54) is 5.56 Å². The Labute approximate surface area is 88.7 Å². The van der Waals surface area contributed by atoms with Crippen LogP contribution in [0.4, 0.5) is 0 Å². The Bertz CT molecular complexity index is 272. The minimum atomic E-state index is 0.186. The van der Waals surface area contributed by atoms with Gasteiger partial charge in [0, 0.05) is 26.6 Å². The van der Waals surface area contributed by atoms with E-state index in [4.69, 9.17) is 0 Å². The van der Waals surface area contributed by atoms with Crippen LogP contribution in [-0.4, -0.2) is 31.4 Å². The summed E-state index contributed by atoms with van der Waals surface area (Å²) in [5.41, 5.74) is 1.20. The molecule has 1 amide bonds. The van der Waals surface area contributed by atoms with Crippen molar-refractivity contribution in [1.82, 2.24) is 10.2 Å². The average Bonchev–Trinajstić information content (AvgIpc) is 2.66. The van der Waals surface area contributed by atoms with Crippen LogP contribution in [0.1, 0.15) is 12.0 Å². The van der Waals surface area contributed by atoms with Gasteiger partial charge in [-0.15, -0.1) is 0 Å². The lowest BCUT2D eigenvalue weighted by Crippen LogP contribution is -2.28. The summed E-state index contributed by atoms with van der Waals surface area (Å²) in [6.07, 6.45) is 0.567. The van der Waals surface area contributed by atoms with Crippen LogP contribution in [0, 0.1) is 0 Å². The quantitative estimate of drug-likeness (QED) is 0.798. The van der Waals surface area contributed by atoms with Crippen LogP contribution < -0.4 is 5.32 Å². The Hall–Kier alpha value is -0.870. The van der Waals surface area contributed by atoms with Crippen molar-refractivity contribution in [1.29, 1.82) is 0 Å². The number of nitrogens with zero attached hydrogens (tertiary/aromatic N) is 1. The largest absolute Gasteiger partial charge is 0.341 e. The lowest BCUT2D eigenvalue weighted by Gasteiger charge is -2.16. The molecule has 0 bridgehead atoms. The molecule has 0 radical (unpaired) electrons. The van der Waals surface area contributed by atoms with E-state index in [1.807, 2.05) is 25.5 Å². The molecular weight excluding hydrogens is 196 g/mol. The van der Waals surface area contributed by atoms with E-state index in [0.717, 1.165) is 6.54 Å². The van der Waals surface area contributed by atoms with Gasteiger partial charge in [0.15, 0.2) is 0 Å². The summed E-state index contributed by atoms with van der Waals surface area (Å²) in [5, 5.41) is 7.07. The molecule has 0 aliphatic carbocycles. The number of nitrogens with one attached hydrogen (secondary N) is 1. The fourth-order valence-electron chi connectivity index (χ4n) is 1.17. The topological polar surface area (TPSA) is 32.3 Å². The van der Waals surface area contributed by atoms with E-state index in [1.54, 1.807) is 16.2 Å². The van der Waals surface area contributed by atoms with Gasteiger partial charge in [-0.1, -0.05) is 0 Å². The first-order valence-corrected chi connectivity index (χ1v) is 5.58. The molecule has 14 heavy (non-hydrogen) atoms. The van der Waals surface area contributed by atoms with Crippen LogP contribution in [0.15, 0.2) is 16.8 Å². The fraction of sp³-hybridized carbons (Fsp3) is 0.500. The third-order valence-electron chi connectivity index (χ3n) is 2.01. The van der Waals surface area contributed by atoms with E-state index in [9.17, 15) is 4.79 Å². The molecule has 0 aliphatic heterocycles. The maximum absolute atomic E-state index is 11.5. The maximum atomic E-state index is 11.5. The van der Waals surface area contributed by atoms with Crippen LogP contribution in [0.5, 0.6) is 0 Å². The molecule has 1 heterocycles. The van der Waals surface area contributed by atoms with E-state index in [-0.39, 0.29) is 5.91 Å². The van der Waals surface area contributed by atoms with Crippen molar-refractivity contribution in [2.45, 2.75) is 13.0 Å². The number of hydrogen-bond donors (Lipinski definition) is 1. The van der Waals surface area contributed by atoms with Crippen molar-refractivity contribution in [2.75, 3.05) is 20.6 Å². The van der Waals surface area contributed by atoms with Gasteiger partial charge in [-0.05, 0) is 29.4 Å². The van der Waals surface area contributed by atoms with Gasteiger partial charge in [-0.2, -0.15) is 11.3 Å². The van der Waals surface area contributed by atoms with Gasteiger partial charge < -0.3 is 10.2 Å². The molecule has 1 aromatic heterocycles. The number of carbonyl (C=O) groups excluding carboxylic acids is 1. The van der Waals surface area contributed by atoms with Crippen molar-refractivity contribution in [3.8, 4) is 0 Å². The monoisotopic (exact) mass is 212 g/mol. The lowest BCUT2D eigenvalue weighted by atomic mass is 10.3. The summed E-state index contributed by atoms with van der Waals surface area (Å²) < 4.78 is 0. The van der Waals surface area contributed by atoms with Crippen LogP contribution >= 0.6 is 11.3 Å². The molecule has 0 aromatic carbocycles. The third-order valence-corrected chi connectivity index (χ3v) is 2.75. The number of hydrogen-bond acceptors (Lipinski definition) is 3. The molecule has 0 spiro atoms.